The zero-order valence-electron chi connectivity index (χ0n) is 10.6. The summed E-state index contributed by atoms with van der Waals surface area (Å²) in [7, 11) is 0. The quantitative estimate of drug-likeness (QED) is 0.736. The summed E-state index contributed by atoms with van der Waals surface area (Å²) in [6.45, 7) is 0. The van der Waals surface area contributed by atoms with Crippen LogP contribution in [-0.4, -0.2) is 5.97 Å². The number of aromatic carboxylic acids is 1. The van der Waals surface area contributed by atoms with Crippen molar-refractivity contribution in [2.24, 2.45) is 0 Å². The molecule has 0 aliphatic rings. The summed E-state index contributed by atoms with van der Waals surface area (Å²) in [6.07, 6.45) is 0. The van der Waals surface area contributed by atoms with Gasteiger partial charge in [-0.2, -0.15) is 0 Å². The molecule has 2 nitrogen and oxygen atoms in total. The Morgan fingerprint density at radius 3 is 1.95 bits per heavy atom. The highest BCUT2D eigenvalue weighted by atomic mass is 32.1. The summed E-state index contributed by atoms with van der Waals surface area (Å²) >= 11 is 1.23. The lowest BCUT2D eigenvalue weighted by Gasteiger charge is -2.03. The van der Waals surface area contributed by atoms with E-state index >= 15 is 0 Å². The molecule has 3 aromatic rings. The zero-order chi connectivity index (χ0) is 13.9. The topological polar surface area (TPSA) is 40.1 Å². The van der Waals surface area contributed by atoms with Gasteiger partial charge in [0.15, 0.2) is 0 Å². The van der Waals surface area contributed by atoms with Crippen LogP contribution in [0.5, 0.6) is 0 Å². The van der Waals surface area contributed by atoms with E-state index < -0.39 is 5.97 Å². The van der Waals surface area contributed by atoms with E-state index in [9.17, 15) is 9.90 Å². The van der Waals surface area contributed by atoms with Gasteiger partial charge in [-0.25, -0.2) is 0 Å². The van der Waals surface area contributed by atoms with E-state index in [1.165, 1.54) is 16.9 Å². The molecule has 3 rings (SSSR count). The molecule has 98 valence electrons. The van der Waals surface area contributed by atoms with Crippen molar-refractivity contribution in [1.29, 1.82) is 0 Å². The Bertz CT molecular complexity index is 727. The first-order chi connectivity index (χ1) is 9.74. The molecule has 0 amide bonds. The average molecular weight is 279 g/mol. The van der Waals surface area contributed by atoms with Crippen LogP contribution in [0.2, 0.25) is 0 Å². The molecule has 1 heterocycles. The maximum atomic E-state index is 10.8. The van der Waals surface area contributed by atoms with Crippen molar-refractivity contribution in [2.45, 2.75) is 0 Å². The van der Waals surface area contributed by atoms with E-state index in [1.54, 1.807) is 6.07 Å². The molecule has 0 fully saturated rings. The van der Waals surface area contributed by atoms with Crippen molar-refractivity contribution in [3.05, 3.63) is 71.6 Å². The number of hydrogen-bond acceptors (Lipinski definition) is 3. The Labute approximate surface area is 121 Å². The molecule has 1 aromatic heterocycles. The second kappa shape index (κ2) is 5.31. The van der Waals surface area contributed by atoms with Gasteiger partial charge in [0.2, 0.25) is 0 Å². The molecule has 0 radical (unpaired) electrons. The molecule has 3 heteroatoms. The van der Waals surface area contributed by atoms with Crippen molar-refractivity contribution in [3.8, 4) is 21.6 Å². The van der Waals surface area contributed by atoms with E-state index in [4.69, 9.17) is 0 Å². The molecule has 0 spiro atoms. The fourth-order valence-corrected chi connectivity index (χ4v) is 2.91. The third-order valence-corrected chi connectivity index (χ3v) is 4.20. The van der Waals surface area contributed by atoms with Crippen LogP contribution in [0.4, 0.5) is 0 Å². The number of carboxylic acid groups (broad SMARTS) is 1. The van der Waals surface area contributed by atoms with E-state index in [0.717, 1.165) is 16.0 Å². The Morgan fingerprint density at radius 2 is 1.35 bits per heavy atom. The third kappa shape index (κ3) is 2.49. The summed E-state index contributed by atoms with van der Waals surface area (Å²) in [4.78, 5) is 12.0. The van der Waals surface area contributed by atoms with E-state index in [-0.39, 0.29) is 4.88 Å². The molecular formula is C17H11O2S-. The van der Waals surface area contributed by atoms with Gasteiger partial charge in [-0.05, 0) is 28.8 Å². The van der Waals surface area contributed by atoms with Gasteiger partial charge >= 0.3 is 0 Å². The van der Waals surface area contributed by atoms with Crippen LogP contribution in [0.3, 0.4) is 0 Å². The van der Waals surface area contributed by atoms with Gasteiger partial charge in [0.1, 0.15) is 0 Å². The Kier molecular flexibility index (Phi) is 3.35. The summed E-state index contributed by atoms with van der Waals surface area (Å²) in [5, 5.41) is 10.8. The molecule has 0 aliphatic carbocycles. The molecule has 0 aliphatic heterocycles. The predicted molar refractivity (Wildman–Crippen MR) is 79.5 cm³/mol. The monoisotopic (exact) mass is 279 g/mol. The first-order valence-corrected chi connectivity index (χ1v) is 7.03. The van der Waals surface area contributed by atoms with Crippen LogP contribution in [0.25, 0.3) is 21.6 Å². The Balaban J connectivity index is 1.91. The summed E-state index contributed by atoms with van der Waals surface area (Å²) in [5.74, 6) is -1.12. The average Bonchev–Trinajstić information content (AvgIpc) is 2.98. The lowest BCUT2D eigenvalue weighted by atomic mass is 10.0. The van der Waals surface area contributed by atoms with Crippen LogP contribution in [0, 0.1) is 0 Å². The molecule has 20 heavy (non-hydrogen) atoms. The highest BCUT2D eigenvalue weighted by Gasteiger charge is 2.04. The first-order valence-electron chi connectivity index (χ1n) is 6.21. The second-order valence-corrected chi connectivity index (χ2v) is 5.48. The van der Waals surface area contributed by atoms with Gasteiger partial charge in [-0.1, -0.05) is 54.6 Å². The number of carboxylic acids is 1. The van der Waals surface area contributed by atoms with E-state index in [0.29, 0.717) is 0 Å². The normalized spacial score (nSPS) is 10.4. The number of benzene rings is 2. The predicted octanol–water partition coefficient (Wildman–Crippen LogP) is 3.45. The largest absolute Gasteiger partial charge is 0.544 e. The highest BCUT2D eigenvalue weighted by Crippen LogP contribution is 2.29. The summed E-state index contributed by atoms with van der Waals surface area (Å²) in [5.41, 5.74) is 3.33. The zero-order valence-corrected chi connectivity index (χ0v) is 11.4. The fraction of sp³-hybridized carbons (Fsp3) is 0. The molecule has 0 atom stereocenters. The van der Waals surface area contributed by atoms with Gasteiger partial charge in [0, 0.05) is 4.88 Å². The van der Waals surface area contributed by atoms with Gasteiger partial charge in [-0.3, -0.25) is 0 Å². The Hall–Kier alpha value is -2.39. The number of carbonyl (C=O) groups is 1. The van der Waals surface area contributed by atoms with Crippen LogP contribution >= 0.6 is 11.3 Å². The summed E-state index contributed by atoms with van der Waals surface area (Å²) in [6, 6.07) is 21.6. The lowest BCUT2D eigenvalue weighted by Crippen LogP contribution is -2.20. The van der Waals surface area contributed by atoms with Crippen LogP contribution in [-0.2, 0) is 0 Å². The molecule has 0 unspecified atom stereocenters. The van der Waals surface area contributed by atoms with Crippen LogP contribution in [0.1, 0.15) is 9.67 Å². The van der Waals surface area contributed by atoms with Crippen LogP contribution < -0.4 is 5.11 Å². The second-order valence-electron chi connectivity index (χ2n) is 4.39. The van der Waals surface area contributed by atoms with Crippen molar-refractivity contribution >= 4 is 17.3 Å². The standard InChI is InChI=1S/C17H12O2S/c18-17(19)16-11-10-15(20-16)14-8-6-13(7-9-14)12-4-2-1-3-5-12/h1-11H,(H,18,19)/p-1. The maximum absolute atomic E-state index is 10.8. The molecule has 0 N–H and O–H groups in total. The third-order valence-electron chi connectivity index (χ3n) is 3.08. The van der Waals surface area contributed by atoms with Gasteiger partial charge in [0.05, 0.1) is 10.8 Å². The van der Waals surface area contributed by atoms with Crippen LogP contribution in [0.15, 0.2) is 66.7 Å². The lowest BCUT2D eigenvalue weighted by molar-refractivity contribution is -0.254. The minimum Gasteiger partial charge on any atom is -0.544 e. The van der Waals surface area contributed by atoms with E-state index in [2.05, 4.69) is 12.1 Å². The van der Waals surface area contributed by atoms with Crippen molar-refractivity contribution in [2.75, 3.05) is 0 Å². The molecular weight excluding hydrogens is 268 g/mol. The van der Waals surface area contributed by atoms with Crippen molar-refractivity contribution < 1.29 is 9.90 Å². The number of rotatable bonds is 3. The molecule has 0 bridgehead atoms. The first kappa shape index (κ1) is 12.6. The van der Waals surface area contributed by atoms with Gasteiger partial charge < -0.3 is 9.90 Å². The van der Waals surface area contributed by atoms with E-state index in [1.807, 2.05) is 48.5 Å². The highest BCUT2D eigenvalue weighted by molar-refractivity contribution is 7.17. The molecule has 0 saturated heterocycles. The van der Waals surface area contributed by atoms with Crippen molar-refractivity contribution in [1.82, 2.24) is 0 Å². The van der Waals surface area contributed by atoms with Crippen molar-refractivity contribution in [3.63, 3.8) is 0 Å². The number of carbonyl (C=O) groups excluding carboxylic acids is 1. The molecule has 0 saturated carbocycles. The smallest absolute Gasteiger partial charge is 0.0815 e. The molecule has 2 aromatic carbocycles. The minimum absolute atomic E-state index is 0.257. The number of thiophene rings is 1. The SMILES string of the molecule is O=C([O-])c1ccc(-c2ccc(-c3ccccc3)cc2)s1. The summed E-state index contributed by atoms with van der Waals surface area (Å²) < 4.78 is 0. The maximum Gasteiger partial charge on any atom is 0.0815 e. The van der Waals surface area contributed by atoms with Gasteiger partial charge in [0.25, 0.3) is 0 Å². The van der Waals surface area contributed by atoms with Gasteiger partial charge in [-0.15, -0.1) is 11.3 Å². The number of hydrogen-bond donors (Lipinski definition) is 0. The minimum atomic E-state index is -1.12. The fourth-order valence-electron chi connectivity index (χ4n) is 2.06. The Morgan fingerprint density at radius 1 is 0.750 bits per heavy atom.